The number of carbonyl (C=O) groups excluding carboxylic acids is 1. The molecule has 2 heterocycles. The molecule has 0 bridgehead atoms. The summed E-state index contributed by atoms with van der Waals surface area (Å²) in [6.07, 6.45) is 4.14. The molecule has 31 heavy (non-hydrogen) atoms. The lowest BCUT2D eigenvalue weighted by Crippen LogP contribution is -2.54. The number of amides is 1. The van der Waals surface area contributed by atoms with E-state index in [9.17, 15) is 4.79 Å². The fourth-order valence-electron chi connectivity index (χ4n) is 3.52. The van der Waals surface area contributed by atoms with Crippen molar-refractivity contribution in [2.24, 2.45) is 0 Å². The average Bonchev–Trinajstić information content (AvgIpc) is 3.21. The number of nitrogens with zero attached hydrogens (tertiary/aromatic N) is 1. The fourth-order valence-corrected chi connectivity index (χ4v) is 4.06. The van der Waals surface area contributed by atoms with Crippen LogP contribution >= 0.6 is 24.7 Å². The lowest BCUT2D eigenvalue weighted by Gasteiger charge is -2.38. The van der Waals surface area contributed by atoms with Gasteiger partial charge in [-0.1, -0.05) is 48.5 Å². The Balaban J connectivity index is 0.000000149. The molecule has 1 amide bonds. The number of hydrogen-bond acceptors (Lipinski definition) is 4. The van der Waals surface area contributed by atoms with Gasteiger partial charge in [0, 0.05) is 39.4 Å². The highest BCUT2D eigenvalue weighted by Gasteiger charge is 2.31. The molecule has 1 fully saturated rings. The van der Waals surface area contributed by atoms with Crippen molar-refractivity contribution in [2.75, 3.05) is 19.3 Å². The molecule has 1 aromatic heterocycles. The van der Waals surface area contributed by atoms with Gasteiger partial charge in [0.15, 0.2) is 0 Å². The number of benzene rings is 3. The maximum absolute atomic E-state index is 11.9. The Morgan fingerprint density at radius 3 is 2.39 bits per heavy atom. The van der Waals surface area contributed by atoms with Gasteiger partial charge in [-0.25, -0.2) is 0 Å². The van der Waals surface area contributed by atoms with E-state index >= 15 is 0 Å². The summed E-state index contributed by atoms with van der Waals surface area (Å²) in [5, 5.41) is 1.28. The minimum absolute atomic E-state index is 0.0642. The van der Waals surface area contributed by atoms with E-state index in [2.05, 4.69) is 66.3 Å². The van der Waals surface area contributed by atoms with Crippen molar-refractivity contribution < 1.29 is 8.98 Å². The van der Waals surface area contributed by atoms with Crippen LogP contribution in [0.25, 0.3) is 22.0 Å². The first-order chi connectivity index (χ1) is 15.2. The van der Waals surface area contributed by atoms with Gasteiger partial charge in [0.25, 0.3) is 5.91 Å². The smallest absolute Gasteiger partial charge is 0.254 e. The van der Waals surface area contributed by atoms with Crippen LogP contribution in [0.15, 0.2) is 90.0 Å². The van der Waals surface area contributed by atoms with Gasteiger partial charge in [-0.15, -0.1) is 12.6 Å². The molecule has 1 saturated heterocycles. The third kappa shape index (κ3) is 5.15. The van der Waals surface area contributed by atoms with Crippen LogP contribution in [0.5, 0.6) is 0 Å². The highest BCUT2D eigenvalue weighted by atomic mass is 32.2. The standard InChI is InChI=1S/C14H11N.C11H13NO2S2/c1-2-6-11(7-3-1)13-10-15-14-9-5-4-8-12(13)14;1-16-14-9-6-12(7-9)11(13)8-2-4-10(15)5-3-8/h1-10,15H;2-5,9,15H,6-7H2,1H3. The normalized spacial score (nSPS) is 13.4. The lowest BCUT2D eigenvalue weighted by molar-refractivity contribution is 0.0257. The van der Waals surface area contributed by atoms with Crippen molar-refractivity contribution in [1.29, 1.82) is 0 Å². The van der Waals surface area contributed by atoms with Crippen LogP contribution in [-0.2, 0) is 4.18 Å². The number of hydrogen-bond donors (Lipinski definition) is 2. The maximum Gasteiger partial charge on any atom is 0.254 e. The van der Waals surface area contributed by atoms with Gasteiger partial charge in [-0.05, 0) is 47.9 Å². The van der Waals surface area contributed by atoms with Crippen LogP contribution < -0.4 is 0 Å². The highest BCUT2D eigenvalue weighted by Crippen LogP contribution is 2.27. The number of fused-ring (bicyclic) bond motifs is 1. The summed E-state index contributed by atoms with van der Waals surface area (Å²) in [4.78, 5) is 17.9. The van der Waals surface area contributed by atoms with Crippen LogP contribution in [-0.4, -0.2) is 41.2 Å². The molecule has 4 nitrogen and oxygen atoms in total. The zero-order valence-corrected chi connectivity index (χ0v) is 18.9. The van der Waals surface area contributed by atoms with Gasteiger partial charge in [0.2, 0.25) is 0 Å². The van der Waals surface area contributed by atoms with Gasteiger partial charge in [-0.3, -0.25) is 4.79 Å². The van der Waals surface area contributed by atoms with E-state index in [1.54, 1.807) is 17.0 Å². The van der Waals surface area contributed by atoms with Gasteiger partial charge < -0.3 is 14.1 Å². The van der Waals surface area contributed by atoms with Crippen LogP contribution in [0, 0.1) is 0 Å². The predicted octanol–water partition coefficient (Wildman–Crippen LogP) is 5.93. The Morgan fingerprint density at radius 2 is 1.68 bits per heavy atom. The largest absolute Gasteiger partial charge is 0.361 e. The highest BCUT2D eigenvalue weighted by molar-refractivity contribution is 7.93. The number of H-pyrrole nitrogens is 1. The van der Waals surface area contributed by atoms with E-state index < -0.39 is 0 Å². The van der Waals surface area contributed by atoms with Crippen molar-refractivity contribution in [3.05, 3.63) is 90.6 Å². The molecule has 0 atom stereocenters. The van der Waals surface area contributed by atoms with E-state index in [1.807, 2.05) is 30.5 Å². The minimum Gasteiger partial charge on any atom is -0.361 e. The Bertz CT molecular complexity index is 1140. The number of rotatable bonds is 4. The zero-order valence-electron chi connectivity index (χ0n) is 17.2. The summed E-state index contributed by atoms with van der Waals surface area (Å²) in [6.45, 7) is 1.37. The van der Waals surface area contributed by atoms with Crippen LogP contribution in [0.1, 0.15) is 10.4 Å². The van der Waals surface area contributed by atoms with Crippen molar-refractivity contribution in [3.63, 3.8) is 0 Å². The van der Waals surface area contributed by atoms with Gasteiger partial charge in [0.05, 0.1) is 13.1 Å². The van der Waals surface area contributed by atoms with Crippen LogP contribution in [0.2, 0.25) is 0 Å². The summed E-state index contributed by atoms with van der Waals surface area (Å²) < 4.78 is 5.32. The molecular weight excluding hydrogens is 424 g/mol. The number of para-hydroxylation sites is 1. The Hall–Kier alpha value is -2.67. The van der Waals surface area contributed by atoms with Gasteiger partial charge >= 0.3 is 0 Å². The van der Waals surface area contributed by atoms with E-state index in [0.29, 0.717) is 18.7 Å². The molecule has 5 rings (SSSR count). The average molecular weight is 449 g/mol. The number of nitrogens with one attached hydrogen (secondary N) is 1. The number of carbonyl (C=O) groups is 1. The number of aromatic nitrogens is 1. The Morgan fingerprint density at radius 1 is 1.00 bits per heavy atom. The second kappa shape index (κ2) is 10.1. The number of thiol groups is 1. The molecular formula is C25H24N2O2S2. The van der Waals surface area contributed by atoms with Crippen molar-refractivity contribution >= 4 is 41.5 Å². The first kappa shape index (κ1) is 21.6. The van der Waals surface area contributed by atoms with E-state index in [4.69, 9.17) is 4.18 Å². The number of likely N-dealkylation sites (tertiary alicyclic amines) is 1. The molecule has 6 heteroatoms. The summed E-state index contributed by atoms with van der Waals surface area (Å²) >= 11 is 5.53. The summed E-state index contributed by atoms with van der Waals surface area (Å²) in [5.74, 6) is 0.0642. The summed E-state index contributed by atoms with van der Waals surface area (Å²) in [6, 6.07) is 26.1. The molecule has 0 spiro atoms. The predicted molar refractivity (Wildman–Crippen MR) is 132 cm³/mol. The molecule has 3 aromatic carbocycles. The first-order valence-electron chi connectivity index (χ1n) is 10.0. The van der Waals surface area contributed by atoms with Gasteiger partial charge in [-0.2, -0.15) is 0 Å². The Labute approximate surface area is 192 Å². The topological polar surface area (TPSA) is 45.3 Å². The fraction of sp³-hybridized carbons (Fsp3) is 0.160. The lowest BCUT2D eigenvalue weighted by atomic mass is 10.1. The molecule has 0 radical (unpaired) electrons. The van der Waals surface area contributed by atoms with Crippen molar-refractivity contribution in [2.45, 2.75) is 11.0 Å². The zero-order chi connectivity index (χ0) is 21.6. The molecule has 1 N–H and O–H groups in total. The third-order valence-corrected chi connectivity index (χ3v) is 5.92. The molecule has 1 aliphatic rings. The third-order valence-electron chi connectivity index (χ3n) is 5.16. The summed E-state index contributed by atoms with van der Waals surface area (Å²) in [7, 11) is 0. The molecule has 0 aliphatic carbocycles. The SMILES string of the molecule is CSOC1CN(C(=O)c2ccc(S)cc2)C1.c1ccc(-c2c[nH]c3ccccc23)cc1. The molecule has 4 aromatic rings. The van der Waals surface area contributed by atoms with E-state index in [1.165, 1.54) is 34.1 Å². The van der Waals surface area contributed by atoms with Crippen molar-refractivity contribution in [3.8, 4) is 11.1 Å². The second-order valence-electron chi connectivity index (χ2n) is 7.26. The van der Waals surface area contributed by atoms with Crippen LogP contribution in [0.3, 0.4) is 0 Å². The van der Waals surface area contributed by atoms with Crippen LogP contribution in [0.4, 0.5) is 0 Å². The quantitative estimate of drug-likeness (QED) is 0.300. The summed E-state index contributed by atoms with van der Waals surface area (Å²) in [5.41, 5.74) is 4.43. The van der Waals surface area contributed by atoms with E-state index in [-0.39, 0.29) is 12.0 Å². The monoisotopic (exact) mass is 448 g/mol. The first-order valence-corrected chi connectivity index (χ1v) is 11.6. The Kier molecular flexibility index (Phi) is 7.02. The second-order valence-corrected chi connectivity index (χ2v) is 8.30. The minimum atomic E-state index is 0.0642. The molecule has 0 unspecified atom stereocenters. The van der Waals surface area contributed by atoms with Gasteiger partial charge in [0.1, 0.15) is 6.10 Å². The van der Waals surface area contributed by atoms with E-state index in [0.717, 1.165) is 4.90 Å². The molecule has 158 valence electrons. The van der Waals surface area contributed by atoms with Crippen molar-refractivity contribution in [1.82, 2.24) is 9.88 Å². The molecule has 1 aliphatic heterocycles. The number of aromatic amines is 1. The molecule has 0 saturated carbocycles. The maximum atomic E-state index is 11.9.